The Labute approximate surface area is 126 Å². The van der Waals surface area contributed by atoms with Gasteiger partial charge in [0.1, 0.15) is 11.9 Å². The van der Waals surface area contributed by atoms with Crippen molar-refractivity contribution in [2.24, 2.45) is 0 Å². The summed E-state index contributed by atoms with van der Waals surface area (Å²) in [7, 11) is 2.39. The Morgan fingerprint density at radius 2 is 2.00 bits per heavy atom. The van der Waals surface area contributed by atoms with Gasteiger partial charge >= 0.3 is 11.9 Å². The number of benzene rings is 1. The Hall–Kier alpha value is -2.70. The van der Waals surface area contributed by atoms with Crippen LogP contribution in [0.25, 0.3) is 0 Å². The van der Waals surface area contributed by atoms with Crippen molar-refractivity contribution in [1.82, 2.24) is 5.32 Å². The number of hydrogen-bond acceptors (Lipinski definition) is 5. The maximum Gasteiger partial charge on any atom is 0.330 e. The Balaban J connectivity index is 2.76. The molecule has 0 aliphatic heterocycles. The van der Waals surface area contributed by atoms with E-state index < -0.39 is 29.7 Å². The van der Waals surface area contributed by atoms with Crippen LogP contribution < -0.4 is 5.32 Å². The fourth-order valence-corrected chi connectivity index (χ4v) is 1.60. The summed E-state index contributed by atoms with van der Waals surface area (Å²) in [4.78, 5) is 34.6. The Morgan fingerprint density at radius 1 is 1.27 bits per heavy atom. The van der Waals surface area contributed by atoms with Crippen LogP contribution in [0.15, 0.2) is 36.4 Å². The summed E-state index contributed by atoms with van der Waals surface area (Å²) in [5, 5.41) is 2.42. The second kappa shape index (κ2) is 8.56. The Bertz CT molecular complexity index is 585. The minimum atomic E-state index is -0.998. The second-order valence-corrected chi connectivity index (χ2v) is 4.22. The van der Waals surface area contributed by atoms with E-state index in [1.807, 2.05) is 0 Å². The molecule has 7 heteroatoms. The molecular weight excluding hydrogens is 293 g/mol. The minimum absolute atomic E-state index is 0.0306. The van der Waals surface area contributed by atoms with Crippen molar-refractivity contribution >= 4 is 17.8 Å². The highest BCUT2D eigenvalue weighted by Crippen LogP contribution is 2.05. The van der Waals surface area contributed by atoms with Crippen LogP contribution in [-0.2, 0) is 19.1 Å². The van der Waals surface area contributed by atoms with Gasteiger partial charge in [0.2, 0.25) is 0 Å². The average Bonchev–Trinajstić information content (AvgIpc) is 2.52. The molecule has 0 saturated carbocycles. The van der Waals surface area contributed by atoms with E-state index >= 15 is 0 Å². The van der Waals surface area contributed by atoms with Gasteiger partial charge in [-0.25, -0.2) is 14.0 Å². The zero-order valence-electron chi connectivity index (χ0n) is 12.2. The molecule has 0 unspecified atom stereocenters. The van der Waals surface area contributed by atoms with Gasteiger partial charge < -0.3 is 14.8 Å². The van der Waals surface area contributed by atoms with Gasteiger partial charge in [-0.1, -0.05) is 12.1 Å². The van der Waals surface area contributed by atoms with E-state index in [2.05, 4.69) is 14.8 Å². The zero-order valence-corrected chi connectivity index (χ0v) is 12.2. The van der Waals surface area contributed by atoms with Gasteiger partial charge in [-0.05, 0) is 24.6 Å². The third-order valence-corrected chi connectivity index (χ3v) is 2.70. The van der Waals surface area contributed by atoms with Gasteiger partial charge in [0, 0.05) is 11.6 Å². The molecule has 6 nitrogen and oxygen atoms in total. The number of rotatable bonds is 6. The zero-order chi connectivity index (χ0) is 16.5. The third-order valence-electron chi connectivity index (χ3n) is 2.70. The third kappa shape index (κ3) is 5.35. The number of carbonyl (C=O) groups excluding carboxylic acids is 3. The normalized spacial score (nSPS) is 11.8. The number of halogens is 1. The van der Waals surface area contributed by atoms with E-state index in [1.54, 1.807) is 0 Å². The van der Waals surface area contributed by atoms with Crippen LogP contribution in [0.2, 0.25) is 0 Å². The van der Waals surface area contributed by atoms with Gasteiger partial charge in [-0.15, -0.1) is 0 Å². The maximum absolute atomic E-state index is 13.1. The van der Waals surface area contributed by atoms with Crippen molar-refractivity contribution in [3.63, 3.8) is 0 Å². The van der Waals surface area contributed by atoms with E-state index in [9.17, 15) is 18.8 Å². The molecule has 0 bridgehead atoms. The van der Waals surface area contributed by atoms with Crippen LogP contribution in [0.4, 0.5) is 4.39 Å². The molecule has 1 aromatic carbocycles. The molecule has 1 N–H and O–H groups in total. The lowest BCUT2D eigenvalue weighted by atomic mass is 10.1. The van der Waals surface area contributed by atoms with Crippen molar-refractivity contribution in [3.05, 3.63) is 47.8 Å². The Morgan fingerprint density at radius 3 is 2.59 bits per heavy atom. The summed E-state index contributed by atoms with van der Waals surface area (Å²) in [5.41, 5.74) is 0.0749. The van der Waals surface area contributed by atoms with Gasteiger partial charge in [0.05, 0.1) is 14.2 Å². The predicted molar refractivity (Wildman–Crippen MR) is 75.4 cm³/mol. The summed E-state index contributed by atoms with van der Waals surface area (Å²) in [6.45, 7) is 0. The van der Waals surface area contributed by atoms with E-state index in [1.165, 1.54) is 38.5 Å². The largest absolute Gasteiger partial charge is 0.467 e. The first-order chi connectivity index (χ1) is 10.5. The number of methoxy groups -OCH3 is 2. The molecule has 0 aliphatic rings. The number of carbonyl (C=O) groups is 3. The molecule has 0 saturated heterocycles. The number of esters is 2. The summed E-state index contributed by atoms with van der Waals surface area (Å²) >= 11 is 0. The molecule has 0 spiro atoms. The number of nitrogens with one attached hydrogen (secondary N) is 1. The fraction of sp³-hybridized carbons (Fsp3) is 0.267. The first-order valence-corrected chi connectivity index (χ1v) is 6.36. The second-order valence-electron chi connectivity index (χ2n) is 4.22. The monoisotopic (exact) mass is 309 g/mol. The molecule has 0 heterocycles. The van der Waals surface area contributed by atoms with Crippen LogP contribution in [0.3, 0.4) is 0 Å². The highest BCUT2D eigenvalue weighted by atomic mass is 19.1. The van der Waals surface area contributed by atoms with Crippen molar-refractivity contribution < 1.29 is 28.2 Å². The SMILES string of the molecule is COC(=O)/C=C/C[C@H](NC(=O)c1cccc(F)c1)C(=O)OC. The predicted octanol–water partition coefficient (Wildman–Crippen LogP) is 1.22. The van der Waals surface area contributed by atoms with Crippen LogP contribution in [0.5, 0.6) is 0 Å². The standard InChI is InChI=1S/C15H16FNO5/c1-21-13(18)8-4-7-12(15(20)22-2)17-14(19)10-5-3-6-11(16)9-10/h3-6,8-9,12H,7H2,1-2H3,(H,17,19)/b8-4+/t12-/m0/s1. The molecule has 1 rings (SSSR count). The molecule has 0 aromatic heterocycles. The number of amides is 1. The molecule has 1 aromatic rings. The molecule has 1 amide bonds. The summed E-state index contributed by atoms with van der Waals surface area (Å²) in [6, 6.07) is 4.05. The molecule has 0 radical (unpaired) electrons. The fourth-order valence-electron chi connectivity index (χ4n) is 1.60. The highest BCUT2D eigenvalue weighted by molar-refractivity contribution is 5.96. The Kier molecular flexibility index (Phi) is 6.75. The van der Waals surface area contributed by atoms with Gasteiger partial charge in [-0.3, -0.25) is 4.79 Å². The minimum Gasteiger partial charge on any atom is -0.467 e. The van der Waals surface area contributed by atoms with E-state index in [-0.39, 0.29) is 12.0 Å². The maximum atomic E-state index is 13.1. The number of hydrogen-bond donors (Lipinski definition) is 1. The lowest BCUT2D eigenvalue weighted by Gasteiger charge is -2.14. The van der Waals surface area contributed by atoms with Crippen LogP contribution >= 0.6 is 0 Å². The molecule has 118 valence electrons. The van der Waals surface area contributed by atoms with Crippen molar-refractivity contribution in [3.8, 4) is 0 Å². The van der Waals surface area contributed by atoms with Crippen LogP contribution in [-0.4, -0.2) is 38.1 Å². The first kappa shape index (κ1) is 17.4. The van der Waals surface area contributed by atoms with Gasteiger partial charge in [0.25, 0.3) is 5.91 Å². The lowest BCUT2D eigenvalue weighted by molar-refractivity contribution is -0.143. The van der Waals surface area contributed by atoms with E-state index in [4.69, 9.17) is 0 Å². The van der Waals surface area contributed by atoms with E-state index in [0.717, 1.165) is 12.1 Å². The molecule has 1 atom stereocenters. The molecule has 22 heavy (non-hydrogen) atoms. The smallest absolute Gasteiger partial charge is 0.330 e. The molecule has 0 fully saturated rings. The van der Waals surface area contributed by atoms with Gasteiger partial charge in [-0.2, -0.15) is 0 Å². The molecule has 0 aliphatic carbocycles. The van der Waals surface area contributed by atoms with Crippen molar-refractivity contribution in [1.29, 1.82) is 0 Å². The van der Waals surface area contributed by atoms with Gasteiger partial charge in [0.15, 0.2) is 0 Å². The topological polar surface area (TPSA) is 81.7 Å². The highest BCUT2D eigenvalue weighted by Gasteiger charge is 2.21. The first-order valence-electron chi connectivity index (χ1n) is 6.36. The quantitative estimate of drug-likeness (QED) is 0.631. The average molecular weight is 309 g/mol. The van der Waals surface area contributed by atoms with Crippen LogP contribution in [0, 0.1) is 5.82 Å². The molecular formula is C15H16FNO5. The summed E-state index contributed by atoms with van der Waals surface area (Å²) < 4.78 is 22.1. The van der Waals surface area contributed by atoms with E-state index in [0.29, 0.717) is 0 Å². The van der Waals surface area contributed by atoms with Crippen LogP contribution in [0.1, 0.15) is 16.8 Å². The summed E-state index contributed by atoms with van der Waals surface area (Å²) in [5.74, 6) is -2.45. The lowest BCUT2D eigenvalue weighted by Crippen LogP contribution is -2.41. The summed E-state index contributed by atoms with van der Waals surface area (Å²) in [6.07, 6.45) is 2.53. The van der Waals surface area contributed by atoms with Crippen molar-refractivity contribution in [2.75, 3.05) is 14.2 Å². The number of ether oxygens (including phenoxy) is 2. The van der Waals surface area contributed by atoms with Crippen molar-refractivity contribution in [2.45, 2.75) is 12.5 Å².